The number of carbonyl (C=O) groups excluding carboxylic acids is 1. The van der Waals surface area contributed by atoms with Crippen molar-refractivity contribution < 1.29 is 23.8 Å². The number of carboxylic acids is 1. The highest BCUT2D eigenvalue weighted by Gasteiger charge is 2.16. The lowest BCUT2D eigenvalue weighted by atomic mass is 10.0. The minimum atomic E-state index is -1.07. The van der Waals surface area contributed by atoms with Gasteiger partial charge in [0.2, 0.25) is 0 Å². The van der Waals surface area contributed by atoms with Gasteiger partial charge >= 0.3 is 5.97 Å². The molecular formula is C16H14O5. The normalized spacial score (nSPS) is 11.4. The maximum atomic E-state index is 12.3. The molecule has 1 aromatic heterocycles. The van der Waals surface area contributed by atoms with Crippen molar-refractivity contribution in [2.45, 2.75) is 6.92 Å². The van der Waals surface area contributed by atoms with Crippen LogP contribution in [-0.2, 0) is 4.79 Å². The molecule has 0 atom stereocenters. The standard InChI is InChI=1S/C16H14O5/c1-3-10(4-2)16(19)13-8-21-14-6-5-11(7-12(13)14)20-9-15(17)18/h3-8H,1,9H2,2H3,(H,17,18)/b10-4+. The fourth-order valence-corrected chi connectivity index (χ4v) is 1.92. The van der Waals surface area contributed by atoms with Crippen molar-refractivity contribution in [1.82, 2.24) is 0 Å². The van der Waals surface area contributed by atoms with E-state index < -0.39 is 12.6 Å². The van der Waals surface area contributed by atoms with Crippen LogP contribution in [0.5, 0.6) is 5.75 Å². The van der Waals surface area contributed by atoms with Crippen LogP contribution in [0.15, 0.2) is 53.2 Å². The third-order valence-corrected chi connectivity index (χ3v) is 2.94. The number of ether oxygens (including phenoxy) is 1. The Balaban J connectivity index is 2.41. The van der Waals surface area contributed by atoms with Gasteiger partial charge < -0.3 is 14.3 Å². The van der Waals surface area contributed by atoms with E-state index >= 15 is 0 Å². The molecule has 2 rings (SSSR count). The predicted molar refractivity (Wildman–Crippen MR) is 77.6 cm³/mol. The molecular weight excluding hydrogens is 272 g/mol. The third-order valence-electron chi connectivity index (χ3n) is 2.94. The van der Waals surface area contributed by atoms with Crippen molar-refractivity contribution in [2.75, 3.05) is 6.61 Å². The average Bonchev–Trinajstić information content (AvgIpc) is 2.89. The number of ketones is 1. The second kappa shape index (κ2) is 6.09. The van der Waals surface area contributed by atoms with Crippen LogP contribution in [0.2, 0.25) is 0 Å². The van der Waals surface area contributed by atoms with Crippen LogP contribution in [0.3, 0.4) is 0 Å². The van der Waals surface area contributed by atoms with Crippen molar-refractivity contribution in [3.8, 4) is 5.75 Å². The van der Waals surface area contributed by atoms with Gasteiger partial charge in [0.15, 0.2) is 12.4 Å². The molecule has 0 spiro atoms. The zero-order valence-electron chi connectivity index (χ0n) is 11.5. The summed E-state index contributed by atoms with van der Waals surface area (Å²) in [6, 6.07) is 4.81. The summed E-state index contributed by atoms with van der Waals surface area (Å²) in [4.78, 5) is 22.8. The molecule has 0 saturated carbocycles. The molecule has 0 unspecified atom stereocenters. The van der Waals surface area contributed by atoms with E-state index in [0.717, 1.165) is 0 Å². The molecule has 2 aromatic rings. The molecule has 1 heterocycles. The molecule has 21 heavy (non-hydrogen) atoms. The van der Waals surface area contributed by atoms with E-state index in [1.54, 1.807) is 31.2 Å². The van der Waals surface area contributed by atoms with Crippen LogP contribution in [0.1, 0.15) is 17.3 Å². The molecule has 108 valence electrons. The SMILES string of the molecule is C=C/C(=C\C)C(=O)c1coc2ccc(OCC(=O)O)cc12. The first-order valence-corrected chi connectivity index (χ1v) is 6.26. The minimum absolute atomic E-state index is 0.207. The minimum Gasteiger partial charge on any atom is -0.482 e. The number of carboxylic acid groups (broad SMARTS) is 1. The summed E-state index contributed by atoms with van der Waals surface area (Å²) in [6.07, 6.45) is 4.52. The van der Waals surface area contributed by atoms with Crippen molar-refractivity contribution >= 4 is 22.7 Å². The summed E-state index contributed by atoms with van der Waals surface area (Å²) in [6.45, 7) is 4.90. The fraction of sp³-hybridized carbons (Fsp3) is 0.125. The van der Waals surface area contributed by atoms with Gasteiger partial charge in [0, 0.05) is 11.0 Å². The van der Waals surface area contributed by atoms with Crippen LogP contribution in [-0.4, -0.2) is 23.5 Å². The second-order valence-corrected chi connectivity index (χ2v) is 4.27. The van der Waals surface area contributed by atoms with Crippen molar-refractivity contribution in [2.24, 2.45) is 0 Å². The summed E-state index contributed by atoms with van der Waals surface area (Å²) in [5.41, 5.74) is 1.38. The van der Waals surface area contributed by atoms with E-state index in [2.05, 4.69) is 6.58 Å². The Kier molecular flexibility index (Phi) is 4.23. The Morgan fingerprint density at radius 2 is 2.19 bits per heavy atom. The Hall–Kier alpha value is -2.82. The lowest BCUT2D eigenvalue weighted by Gasteiger charge is -2.03. The molecule has 0 saturated heterocycles. The molecule has 1 N–H and O–H groups in total. The van der Waals surface area contributed by atoms with Crippen molar-refractivity contribution in [1.29, 1.82) is 0 Å². The largest absolute Gasteiger partial charge is 0.482 e. The van der Waals surface area contributed by atoms with E-state index in [0.29, 0.717) is 27.9 Å². The Bertz CT molecular complexity index is 736. The van der Waals surface area contributed by atoms with Crippen LogP contribution in [0.25, 0.3) is 11.0 Å². The van der Waals surface area contributed by atoms with E-state index in [9.17, 15) is 9.59 Å². The maximum absolute atomic E-state index is 12.3. The Morgan fingerprint density at radius 3 is 2.81 bits per heavy atom. The quantitative estimate of drug-likeness (QED) is 0.501. The monoisotopic (exact) mass is 286 g/mol. The maximum Gasteiger partial charge on any atom is 0.341 e. The number of furan rings is 1. The van der Waals surface area contributed by atoms with Gasteiger partial charge in [0.05, 0.1) is 5.56 Å². The van der Waals surface area contributed by atoms with Crippen LogP contribution >= 0.6 is 0 Å². The first-order valence-electron chi connectivity index (χ1n) is 6.26. The number of Topliss-reactive ketones (excluding diaryl/α,β-unsaturated/α-hetero) is 1. The molecule has 0 radical (unpaired) electrons. The van der Waals surface area contributed by atoms with Crippen molar-refractivity contribution in [3.05, 3.63) is 54.3 Å². The van der Waals surface area contributed by atoms with Gasteiger partial charge in [-0.15, -0.1) is 0 Å². The topological polar surface area (TPSA) is 76.7 Å². The van der Waals surface area contributed by atoms with Gasteiger partial charge in [0.25, 0.3) is 0 Å². The molecule has 0 bridgehead atoms. The van der Waals surface area contributed by atoms with Crippen LogP contribution in [0, 0.1) is 0 Å². The molecule has 1 aromatic carbocycles. The van der Waals surface area contributed by atoms with E-state index in [1.807, 2.05) is 0 Å². The van der Waals surface area contributed by atoms with Gasteiger partial charge in [-0.05, 0) is 25.1 Å². The summed E-state index contributed by atoms with van der Waals surface area (Å²) >= 11 is 0. The van der Waals surface area contributed by atoms with Crippen LogP contribution < -0.4 is 4.74 Å². The van der Waals surface area contributed by atoms with Gasteiger partial charge in [-0.25, -0.2) is 4.79 Å². The molecule has 0 aliphatic carbocycles. The molecule has 5 heteroatoms. The van der Waals surface area contributed by atoms with Gasteiger partial charge in [-0.1, -0.05) is 18.7 Å². The van der Waals surface area contributed by atoms with E-state index in [4.69, 9.17) is 14.3 Å². The molecule has 0 aliphatic rings. The average molecular weight is 286 g/mol. The summed E-state index contributed by atoms with van der Waals surface area (Å²) in [5, 5.41) is 9.18. The first kappa shape index (κ1) is 14.6. The number of aliphatic carboxylic acids is 1. The molecule has 5 nitrogen and oxygen atoms in total. The lowest BCUT2D eigenvalue weighted by molar-refractivity contribution is -0.139. The summed E-state index contributed by atoms with van der Waals surface area (Å²) < 4.78 is 10.4. The number of carbonyl (C=O) groups is 2. The highest BCUT2D eigenvalue weighted by Crippen LogP contribution is 2.27. The van der Waals surface area contributed by atoms with Crippen molar-refractivity contribution in [3.63, 3.8) is 0 Å². The van der Waals surface area contributed by atoms with Gasteiger partial charge in [-0.2, -0.15) is 0 Å². The zero-order chi connectivity index (χ0) is 15.4. The first-order chi connectivity index (χ1) is 10.1. The lowest BCUT2D eigenvalue weighted by Crippen LogP contribution is -2.09. The van der Waals surface area contributed by atoms with Gasteiger partial charge in [0.1, 0.15) is 17.6 Å². The highest BCUT2D eigenvalue weighted by atomic mass is 16.5. The third kappa shape index (κ3) is 3.02. The highest BCUT2D eigenvalue weighted by molar-refractivity contribution is 6.17. The summed E-state index contributed by atoms with van der Waals surface area (Å²) in [7, 11) is 0. The fourth-order valence-electron chi connectivity index (χ4n) is 1.92. The number of hydrogen-bond acceptors (Lipinski definition) is 4. The predicted octanol–water partition coefficient (Wildman–Crippen LogP) is 3.21. The van der Waals surface area contributed by atoms with Crippen LogP contribution in [0.4, 0.5) is 0 Å². The Morgan fingerprint density at radius 1 is 1.43 bits per heavy atom. The smallest absolute Gasteiger partial charge is 0.341 e. The Labute approximate surface area is 121 Å². The van der Waals surface area contributed by atoms with Gasteiger partial charge in [-0.3, -0.25) is 4.79 Å². The number of rotatable bonds is 6. The summed E-state index contributed by atoms with van der Waals surface area (Å²) in [5.74, 6) is -0.913. The number of allylic oxidation sites excluding steroid dienone is 3. The van der Waals surface area contributed by atoms with E-state index in [1.165, 1.54) is 12.3 Å². The number of benzene rings is 1. The molecule has 0 fully saturated rings. The molecule has 0 aliphatic heterocycles. The molecule has 0 amide bonds. The zero-order valence-corrected chi connectivity index (χ0v) is 11.5. The second-order valence-electron chi connectivity index (χ2n) is 4.27. The number of fused-ring (bicyclic) bond motifs is 1. The number of hydrogen-bond donors (Lipinski definition) is 1. The van der Waals surface area contributed by atoms with E-state index in [-0.39, 0.29) is 5.78 Å².